The second kappa shape index (κ2) is 4.01. The molecule has 4 heteroatoms. The van der Waals surface area contributed by atoms with Gasteiger partial charge in [0, 0.05) is 0 Å². The Kier molecular flexibility index (Phi) is 2.37. The molecule has 17 heavy (non-hydrogen) atoms. The van der Waals surface area contributed by atoms with Crippen molar-refractivity contribution in [2.75, 3.05) is 0 Å². The van der Waals surface area contributed by atoms with Crippen molar-refractivity contribution in [2.24, 2.45) is 4.99 Å². The molecule has 80 valence electrons. The highest BCUT2D eigenvalue weighted by Gasteiger charge is 2.01. The van der Waals surface area contributed by atoms with Crippen molar-refractivity contribution in [3.63, 3.8) is 0 Å². The van der Waals surface area contributed by atoms with Gasteiger partial charge in [-0.3, -0.25) is 0 Å². The second-order valence-corrected chi connectivity index (χ2v) is 3.77. The van der Waals surface area contributed by atoms with Gasteiger partial charge in [0.15, 0.2) is 0 Å². The van der Waals surface area contributed by atoms with Gasteiger partial charge in [-0.05, 0) is 42.5 Å². The van der Waals surface area contributed by atoms with E-state index >= 15 is 0 Å². The summed E-state index contributed by atoms with van der Waals surface area (Å²) in [4.78, 5) is 13.0. The summed E-state index contributed by atoms with van der Waals surface area (Å²) in [6.45, 7) is 0. The maximum absolute atomic E-state index is 4.58. The first-order valence-electron chi connectivity index (χ1n) is 5.11. The van der Waals surface area contributed by atoms with Crippen molar-refractivity contribution in [3.05, 3.63) is 42.5 Å². The summed E-state index contributed by atoms with van der Waals surface area (Å²) in [7, 11) is 0. The van der Waals surface area contributed by atoms with E-state index in [0.717, 1.165) is 27.8 Å². The largest absolute Gasteiger partial charge is 0.245 e. The van der Waals surface area contributed by atoms with Crippen LogP contribution < -0.4 is 0 Å². The zero-order valence-corrected chi connectivity index (χ0v) is 9.61. The fourth-order valence-corrected chi connectivity index (χ4v) is 1.84. The molecule has 0 radical (unpaired) electrons. The Bertz CT molecular complexity index is 761. The molecule has 0 saturated heterocycles. The SMILES string of the molecule is S=C=Nc1ccc2nc3ccccc3nc2c1. The smallest absolute Gasteiger partial charge is 0.0916 e. The zero-order chi connectivity index (χ0) is 11.7. The van der Waals surface area contributed by atoms with E-state index in [1.807, 2.05) is 42.5 Å². The molecule has 1 heterocycles. The lowest BCUT2D eigenvalue weighted by atomic mass is 10.2. The van der Waals surface area contributed by atoms with Crippen molar-refractivity contribution in [1.29, 1.82) is 0 Å². The highest BCUT2D eigenvalue weighted by molar-refractivity contribution is 7.78. The van der Waals surface area contributed by atoms with Crippen LogP contribution >= 0.6 is 12.2 Å². The van der Waals surface area contributed by atoms with Crippen LogP contribution in [-0.4, -0.2) is 15.1 Å². The lowest BCUT2D eigenvalue weighted by molar-refractivity contribution is 1.39. The Morgan fingerprint density at radius 3 is 2.24 bits per heavy atom. The monoisotopic (exact) mass is 237 g/mol. The lowest BCUT2D eigenvalue weighted by Gasteiger charge is -2.00. The van der Waals surface area contributed by atoms with Crippen LogP contribution in [0, 0.1) is 0 Å². The van der Waals surface area contributed by atoms with Gasteiger partial charge in [-0.25, -0.2) is 9.97 Å². The molecule has 3 aromatic rings. The van der Waals surface area contributed by atoms with Crippen LogP contribution in [0.15, 0.2) is 47.5 Å². The Hall–Kier alpha value is -2.16. The highest BCUT2D eigenvalue weighted by atomic mass is 32.1. The summed E-state index contributed by atoms with van der Waals surface area (Å²) in [5.41, 5.74) is 4.19. The predicted molar refractivity (Wildman–Crippen MR) is 71.7 cm³/mol. The number of para-hydroxylation sites is 2. The minimum Gasteiger partial charge on any atom is -0.245 e. The van der Waals surface area contributed by atoms with Gasteiger partial charge in [0.25, 0.3) is 0 Å². The third kappa shape index (κ3) is 1.80. The molecular weight excluding hydrogens is 230 g/mol. The van der Waals surface area contributed by atoms with Crippen molar-refractivity contribution in [1.82, 2.24) is 9.97 Å². The second-order valence-electron chi connectivity index (χ2n) is 3.59. The maximum Gasteiger partial charge on any atom is 0.0916 e. The fraction of sp³-hybridized carbons (Fsp3) is 0. The minimum atomic E-state index is 0.747. The van der Waals surface area contributed by atoms with Crippen LogP contribution in [0.4, 0.5) is 5.69 Å². The molecule has 0 N–H and O–H groups in total. The number of benzene rings is 2. The van der Waals surface area contributed by atoms with Crippen LogP contribution in [0.2, 0.25) is 0 Å². The van der Waals surface area contributed by atoms with E-state index < -0.39 is 0 Å². The van der Waals surface area contributed by atoms with E-state index in [2.05, 4.69) is 32.3 Å². The number of aliphatic imine (C=N–C) groups is 1. The average Bonchev–Trinajstić information content (AvgIpc) is 2.36. The van der Waals surface area contributed by atoms with Gasteiger partial charge < -0.3 is 0 Å². The van der Waals surface area contributed by atoms with E-state index in [9.17, 15) is 0 Å². The number of fused-ring (bicyclic) bond motifs is 2. The number of thiocarbonyl (C=S) groups is 1. The standard InChI is InChI=1S/C13H7N3S/c17-8-14-9-5-6-12-13(7-9)16-11-4-2-1-3-10(11)15-12/h1-7H. The molecule has 0 fully saturated rings. The van der Waals surface area contributed by atoms with Gasteiger partial charge in [-0.2, -0.15) is 4.99 Å². The molecule has 0 aliphatic rings. The molecule has 1 aromatic heterocycles. The first-order valence-corrected chi connectivity index (χ1v) is 5.52. The maximum atomic E-state index is 4.58. The summed E-state index contributed by atoms with van der Waals surface area (Å²) < 4.78 is 0. The number of isothiocyanates is 1. The number of hydrogen-bond donors (Lipinski definition) is 0. The summed E-state index contributed by atoms with van der Waals surface area (Å²) in [6, 6.07) is 13.4. The Labute approximate surface area is 103 Å². The molecule has 0 saturated carbocycles. The molecule has 2 aromatic carbocycles. The third-order valence-corrected chi connectivity index (χ3v) is 2.59. The molecule has 0 amide bonds. The van der Waals surface area contributed by atoms with Gasteiger partial charge in [0.05, 0.1) is 32.9 Å². The third-order valence-electron chi connectivity index (χ3n) is 2.50. The van der Waals surface area contributed by atoms with Crippen molar-refractivity contribution in [3.8, 4) is 0 Å². The Balaban J connectivity index is 2.36. The van der Waals surface area contributed by atoms with E-state index in [1.54, 1.807) is 0 Å². The van der Waals surface area contributed by atoms with Crippen LogP contribution in [-0.2, 0) is 0 Å². The lowest BCUT2D eigenvalue weighted by Crippen LogP contribution is -1.86. The summed E-state index contributed by atoms with van der Waals surface area (Å²) in [5, 5.41) is 2.35. The summed E-state index contributed by atoms with van der Waals surface area (Å²) in [6.07, 6.45) is 0. The molecule has 3 rings (SSSR count). The van der Waals surface area contributed by atoms with E-state index in [1.165, 1.54) is 0 Å². The molecule has 0 bridgehead atoms. The number of hydrogen-bond acceptors (Lipinski definition) is 4. The predicted octanol–water partition coefficient (Wildman–Crippen LogP) is 3.52. The van der Waals surface area contributed by atoms with Crippen molar-refractivity contribution in [2.45, 2.75) is 0 Å². The molecule has 3 nitrogen and oxygen atoms in total. The van der Waals surface area contributed by atoms with Crippen molar-refractivity contribution >= 4 is 45.1 Å². The van der Waals surface area contributed by atoms with Crippen LogP contribution in [0.5, 0.6) is 0 Å². The molecular formula is C13H7N3S. The highest BCUT2D eigenvalue weighted by Crippen LogP contribution is 2.20. The van der Waals surface area contributed by atoms with Crippen LogP contribution in [0.3, 0.4) is 0 Å². The van der Waals surface area contributed by atoms with Gasteiger partial charge in [0.1, 0.15) is 0 Å². The molecule has 0 spiro atoms. The van der Waals surface area contributed by atoms with Crippen molar-refractivity contribution < 1.29 is 0 Å². The Morgan fingerprint density at radius 1 is 0.882 bits per heavy atom. The number of aromatic nitrogens is 2. The number of rotatable bonds is 1. The molecule has 0 aliphatic heterocycles. The summed E-state index contributed by atoms with van der Waals surface area (Å²) in [5.74, 6) is 0. The molecule has 0 aliphatic carbocycles. The van der Waals surface area contributed by atoms with Gasteiger partial charge in [0.2, 0.25) is 0 Å². The van der Waals surface area contributed by atoms with Crippen LogP contribution in [0.1, 0.15) is 0 Å². The average molecular weight is 237 g/mol. The van der Waals surface area contributed by atoms with Crippen LogP contribution in [0.25, 0.3) is 22.1 Å². The van der Waals surface area contributed by atoms with E-state index in [0.29, 0.717) is 0 Å². The first kappa shape index (κ1) is 10.0. The van der Waals surface area contributed by atoms with Gasteiger partial charge in [-0.1, -0.05) is 12.1 Å². The summed E-state index contributed by atoms with van der Waals surface area (Å²) >= 11 is 4.58. The van der Waals surface area contributed by atoms with E-state index in [-0.39, 0.29) is 0 Å². The van der Waals surface area contributed by atoms with Gasteiger partial charge in [-0.15, -0.1) is 0 Å². The normalized spacial score (nSPS) is 10.4. The Morgan fingerprint density at radius 2 is 1.53 bits per heavy atom. The van der Waals surface area contributed by atoms with E-state index in [4.69, 9.17) is 0 Å². The quantitative estimate of drug-likeness (QED) is 0.369. The molecule has 0 unspecified atom stereocenters. The topological polar surface area (TPSA) is 38.1 Å². The fourth-order valence-electron chi connectivity index (χ4n) is 1.73. The molecule has 0 atom stereocenters. The number of nitrogens with zero attached hydrogens (tertiary/aromatic N) is 3. The van der Waals surface area contributed by atoms with Gasteiger partial charge >= 0.3 is 0 Å². The zero-order valence-electron chi connectivity index (χ0n) is 8.79. The first-order chi connectivity index (χ1) is 8.36. The minimum absolute atomic E-state index is 0.747.